The number of aryl methyl sites for hydroxylation is 1. The summed E-state index contributed by atoms with van der Waals surface area (Å²) in [5.41, 5.74) is 3.65. The molecule has 4 heteroatoms. The molecule has 0 aliphatic heterocycles. The van der Waals surface area contributed by atoms with Crippen molar-refractivity contribution in [1.82, 2.24) is 4.98 Å². The summed E-state index contributed by atoms with van der Waals surface area (Å²) in [4.78, 5) is 17.1. The highest BCUT2D eigenvalue weighted by Crippen LogP contribution is 2.23. The standard InChI is InChI=1S/C31H39NO3/c1-3-5-7-8-9-10-12-25-13-15-27(16-14-25)31(33)35-28-19-17-26(18-20-28)30-22-21-29(24-32-30)34-23-11-6-4-2/h13-22,24H,3-12,23H2,1-2H3. The Morgan fingerprint density at radius 3 is 2.06 bits per heavy atom. The van der Waals surface area contributed by atoms with Gasteiger partial charge in [-0.2, -0.15) is 0 Å². The van der Waals surface area contributed by atoms with E-state index in [1.54, 1.807) is 18.3 Å². The lowest BCUT2D eigenvalue weighted by atomic mass is 10.0. The van der Waals surface area contributed by atoms with Gasteiger partial charge in [-0.1, -0.05) is 70.9 Å². The monoisotopic (exact) mass is 473 g/mol. The Bertz CT molecular complexity index is 995. The van der Waals surface area contributed by atoms with E-state index in [1.165, 1.54) is 56.9 Å². The second-order valence-corrected chi connectivity index (χ2v) is 9.06. The Morgan fingerprint density at radius 1 is 0.714 bits per heavy atom. The molecular formula is C31H39NO3. The van der Waals surface area contributed by atoms with Crippen LogP contribution in [0.2, 0.25) is 0 Å². The van der Waals surface area contributed by atoms with Crippen LogP contribution in [0.25, 0.3) is 11.3 Å². The third-order valence-corrected chi connectivity index (χ3v) is 6.12. The van der Waals surface area contributed by atoms with E-state index in [9.17, 15) is 4.79 Å². The van der Waals surface area contributed by atoms with Crippen LogP contribution < -0.4 is 9.47 Å². The van der Waals surface area contributed by atoms with Gasteiger partial charge in [-0.3, -0.25) is 4.98 Å². The first-order valence-corrected chi connectivity index (χ1v) is 13.2. The first-order valence-electron chi connectivity index (χ1n) is 13.2. The number of rotatable bonds is 15. The Hall–Kier alpha value is -3.14. The molecule has 0 fully saturated rings. The average molecular weight is 474 g/mol. The third-order valence-electron chi connectivity index (χ3n) is 6.12. The topological polar surface area (TPSA) is 48.4 Å². The summed E-state index contributed by atoms with van der Waals surface area (Å²) in [6, 6.07) is 19.1. The van der Waals surface area contributed by atoms with Crippen LogP contribution in [-0.2, 0) is 6.42 Å². The number of aromatic nitrogens is 1. The molecule has 0 saturated heterocycles. The maximum absolute atomic E-state index is 12.6. The molecule has 35 heavy (non-hydrogen) atoms. The fourth-order valence-electron chi connectivity index (χ4n) is 3.96. The average Bonchev–Trinajstić information content (AvgIpc) is 2.90. The normalized spacial score (nSPS) is 10.8. The van der Waals surface area contributed by atoms with Crippen molar-refractivity contribution in [3.05, 3.63) is 78.0 Å². The minimum absolute atomic E-state index is 0.341. The van der Waals surface area contributed by atoms with Gasteiger partial charge in [0.1, 0.15) is 11.5 Å². The first kappa shape index (κ1) is 26.5. The second-order valence-electron chi connectivity index (χ2n) is 9.06. The summed E-state index contributed by atoms with van der Waals surface area (Å²) in [6.07, 6.45) is 13.9. The van der Waals surface area contributed by atoms with E-state index in [-0.39, 0.29) is 5.97 Å². The number of hydrogen-bond donors (Lipinski definition) is 0. The Labute approximate surface area is 210 Å². The molecule has 1 aromatic heterocycles. The molecule has 0 spiro atoms. The van der Waals surface area contributed by atoms with Crippen LogP contribution >= 0.6 is 0 Å². The second kappa shape index (κ2) is 15.0. The number of nitrogens with zero attached hydrogens (tertiary/aromatic N) is 1. The number of ether oxygens (including phenoxy) is 2. The van der Waals surface area contributed by atoms with Gasteiger partial charge in [0, 0.05) is 5.56 Å². The summed E-state index contributed by atoms with van der Waals surface area (Å²) in [7, 11) is 0. The Kier molecular flexibility index (Phi) is 11.3. The molecule has 2 aromatic carbocycles. The van der Waals surface area contributed by atoms with Crippen molar-refractivity contribution in [2.24, 2.45) is 0 Å². The van der Waals surface area contributed by atoms with E-state index in [1.807, 2.05) is 48.5 Å². The number of esters is 1. The van der Waals surface area contributed by atoms with Crippen molar-refractivity contribution < 1.29 is 14.3 Å². The lowest BCUT2D eigenvalue weighted by Gasteiger charge is -2.08. The van der Waals surface area contributed by atoms with E-state index in [0.717, 1.165) is 36.5 Å². The van der Waals surface area contributed by atoms with Crippen LogP contribution in [-0.4, -0.2) is 17.6 Å². The van der Waals surface area contributed by atoms with Crippen LogP contribution in [0, 0.1) is 0 Å². The summed E-state index contributed by atoms with van der Waals surface area (Å²) < 4.78 is 11.3. The van der Waals surface area contributed by atoms with Crippen molar-refractivity contribution >= 4 is 5.97 Å². The zero-order valence-electron chi connectivity index (χ0n) is 21.3. The molecule has 0 atom stereocenters. The predicted molar refractivity (Wildman–Crippen MR) is 143 cm³/mol. The highest BCUT2D eigenvalue weighted by Gasteiger charge is 2.09. The molecule has 3 rings (SSSR count). The number of carbonyl (C=O) groups excluding carboxylic acids is 1. The van der Waals surface area contributed by atoms with E-state index in [4.69, 9.17) is 9.47 Å². The van der Waals surface area contributed by atoms with Crippen LogP contribution in [0.4, 0.5) is 0 Å². The SMILES string of the molecule is CCCCCCCCc1ccc(C(=O)Oc2ccc(-c3ccc(OCCCCC)cn3)cc2)cc1. The maximum atomic E-state index is 12.6. The maximum Gasteiger partial charge on any atom is 0.343 e. The van der Waals surface area contributed by atoms with Crippen LogP contribution in [0.3, 0.4) is 0 Å². The van der Waals surface area contributed by atoms with Gasteiger partial charge in [0.25, 0.3) is 0 Å². The van der Waals surface area contributed by atoms with Gasteiger partial charge in [-0.05, 0) is 73.4 Å². The van der Waals surface area contributed by atoms with E-state index < -0.39 is 0 Å². The minimum Gasteiger partial charge on any atom is -0.492 e. The molecule has 1 heterocycles. The number of pyridine rings is 1. The van der Waals surface area contributed by atoms with Gasteiger partial charge >= 0.3 is 5.97 Å². The van der Waals surface area contributed by atoms with E-state index in [2.05, 4.69) is 18.8 Å². The molecule has 0 radical (unpaired) electrons. The summed E-state index contributed by atoms with van der Waals surface area (Å²) in [5.74, 6) is 0.964. The molecule has 0 bridgehead atoms. The largest absolute Gasteiger partial charge is 0.492 e. The molecule has 186 valence electrons. The molecule has 0 aliphatic rings. The van der Waals surface area contributed by atoms with E-state index in [0.29, 0.717) is 11.3 Å². The molecule has 0 aliphatic carbocycles. The first-order chi connectivity index (χ1) is 17.2. The molecule has 4 nitrogen and oxygen atoms in total. The predicted octanol–water partition coefficient (Wildman–Crippen LogP) is 8.44. The third kappa shape index (κ3) is 9.20. The fraction of sp³-hybridized carbons (Fsp3) is 0.419. The van der Waals surface area contributed by atoms with Gasteiger partial charge < -0.3 is 9.47 Å². The summed E-state index contributed by atoms with van der Waals surface area (Å²) in [6.45, 7) is 5.14. The number of hydrogen-bond acceptors (Lipinski definition) is 4. The van der Waals surface area contributed by atoms with Crippen molar-refractivity contribution in [3.63, 3.8) is 0 Å². The minimum atomic E-state index is -0.341. The lowest BCUT2D eigenvalue weighted by Crippen LogP contribution is -2.08. The summed E-state index contributed by atoms with van der Waals surface area (Å²) >= 11 is 0. The number of carbonyl (C=O) groups is 1. The molecule has 3 aromatic rings. The van der Waals surface area contributed by atoms with E-state index >= 15 is 0 Å². The zero-order chi connectivity index (χ0) is 24.7. The van der Waals surface area contributed by atoms with Gasteiger partial charge in [0.15, 0.2) is 0 Å². The molecule has 0 amide bonds. The van der Waals surface area contributed by atoms with Crippen LogP contribution in [0.1, 0.15) is 87.6 Å². The van der Waals surface area contributed by atoms with Crippen LogP contribution in [0.15, 0.2) is 66.9 Å². The fourth-order valence-corrected chi connectivity index (χ4v) is 3.96. The number of unbranched alkanes of at least 4 members (excludes halogenated alkanes) is 7. The lowest BCUT2D eigenvalue weighted by molar-refractivity contribution is 0.0734. The van der Waals surface area contributed by atoms with Crippen LogP contribution in [0.5, 0.6) is 11.5 Å². The van der Waals surface area contributed by atoms with Crippen molar-refractivity contribution in [2.45, 2.75) is 78.1 Å². The molecule has 0 N–H and O–H groups in total. The van der Waals surface area contributed by atoms with Crippen molar-refractivity contribution in [3.8, 4) is 22.8 Å². The zero-order valence-corrected chi connectivity index (χ0v) is 21.3. The van der Waals surface area contributed by atoms with Crippen molar-refractivity contribution in [1.29, 1.82) is 0 Å². The molecule has 0 saturated carbocycles. The molecule has 0 unspecified atom stereocenters. The van der Waals surface area contributed by atoms with Crippen molar-refractivity contribution in [2.75, 3.05) is 6.61 Å². The van der Waals surface area contributed by atoms with Gasteiger partial charge in [-0.15, -0.1) is 0 Å². The van der Waals surface area contributed by atoms with Gasteiger partial charge in [0.05, 0.1) is 24.1 Å². The summed E-state index contributed by atoms with van der Waals surface area (Å²) in [5, 5.41) is 0. The van der Waals surface area contributed by atoms with Gasteiger partial charge in [0.2, 0.25) is 0 Å². The highest BCUT2D eigenvalue weighted by molar-refractivity contribution is 5.91. The smallest absolute Gasteiger partial charge is 0.343 e. The highest BCUT2D eigenvalue weighted by atomic mass is 16.5. The quantitative estimate of drug-likeness (QED) is 0.126. The van der Waals surface area contributed by atoms with Gasteiger partial charge in [-0.25, -0.2) is 4.79 Å². The number of benzene rings is 2. The molecular weight excluding hydrogens is 434 g/mol. The Balaban J connectivity index is 1.46. The Morgan fingerprint density at radius 2 is 1.37 bits per heavy atom.